The number of carbonyl (C=O) groups excluding carboxylic acids is 2. The number of amides is 2. The molecule has 1 aromatic carbocycles. The monoisotopic (exact) mass is 420 g/mol. The number of pyridine rings is 1. The van der Waals surface area contributed by atoms with Gasteiger partial charge >= 0.3 is 0 Å². The second-order valence-corrected chi connectivity index (χ2v) is 8.48. The molecule has 30 heavy (non-hydrogen) atoms. The van der Waals surface area contributed by atoms with Gasteiger partial charge in [0.25, 0.3) is 0 Å². The molecule has 154 valence electrons. The molecule has 1 saturated heterocycles. The van der Waals surface area contributed by atoms with Crippen molar-refractivity contribution in [2.75, 3.05) is 13.1 Å². The van der Waals surface area contributed by atoms with Gasteiger partial charge in [-0.2, -0.15) is 0 Å². The van der Waals surface area contributed by atoms with Crippen LogP contribution in [0.1, 0.15) is 23.4 Å². The lowest BCUT2D eigenvalue weighted by atomic mass is 9.96. The van der Waals surface area contributed by atoms with Crippen LogP contribution >= 0.6 is 11.3 Å². The lowest BCUT2D eigenvalue weighted by Gasteiger charge is -2.31. The summed E-state index contributed by atoms with van der Waals surface area (Å²) >= 11 is 1.58. The molecule has 4 rings (SSSR count). The Bertz CT molecular complexity index is 991. The van der Waals surface area contributed by atoms with Crippen molar-refractivity contribution in [1.29, 1.82) is 0 Å². The first-order valence-electron chi connectivity index (χ1n) is 10.1. The summed E-state index contributed by atoms with van der Waals surface area (Å²) in [5.74, 6) is -0.0575. The highest BCUT2D eigenvalue weighted by molar-refractivity contribution is 7.15. The Morgan fingerprint density at radius 1 is 1.13 bits per heavy atom. The molecule has 0 saturated carbocycles. The van der Waals surface area contributed by atoms with Gasteiger partial charge in [-0.05, 0) is 18.6 Å². The SMILES string of the molecule is O=C(NCc1cnc(-c2ccccc2)s1)[C@H]1CCC(=O)N(CCc2ccccn2)C1. The predicted molar refractivity (Wildman–Crippen MR) is 117 cm³/mol. The van der Waals surface area contributed by atoms with Crippen LogP contribution in [0.3, 0.4) is 0 Å². The second-order valence-electron chi connectivity index (χ2n) is 7.36. The summed E-state index contributed by atoms with van der Waals surface area (Å²) in [6.07, 6.45) is 5.29. The zero-order valence-electron chi connectivity index (χ0n) is 16.7. The minimum absolute atomic E-state index is 0.00000257. The van der Waals surface area contributed by atoms with Crippen molar-refractivity contribution >= 4 is 23.2 Å². The number of benzene rings is 1. The normalized spacial score (nSPS) is 16.5. The summed E-state index contributed by atoms with van der Waals surface area (Å²) in [5.41, 5.74) is 2.03. The molecule has 0 unspecified atom stereocenters. The molecule has 3 aromatic rings. The maximum Gasteiger partial charge on any atom is 0.225 e. The van der Waals surface area contributed by atoms with Crippen molar-refractivity contribution in [1.82, 2.24) is 20.2 Å². The van der Waals surface area contributed by atoms with Crippen LogP contribution in [-0.4, -0.2) is 39.8 Å². The molecule has 3 heterocycles. The van der Waals surface area contributed by atoms with Gasteiger partial charge in [0.1, 0.15) is 5.01 Å². The van der Waals surface area contributed by atoms with E-state index in [9.17, 15) is 9.59 Å². The molecule has 6 nitrogen and oxygen atoms in total. The molecule has 0 radical (unpaired) electrons. The number of nitrogens with one attached hydrogen (secondary N) is 1. The third-order valence-electron chi connectivity index (χ3n) is 5.25. The molecule has 0 aliphatic carbocycles. The molecule has 2 amide bonds. The van der Waals surface area contributed by atoms with Crippen molar-refractivity contribution in [2.45, 2.75) is 25.8 Å². The Morgan fingerprint density at radius 2 is 1.97 bits per heavy atom. The van der Waals surface area contributed by atoms with Gasteiger partial charge in [0.2, 0.25) is 11.8 Å². The van der Waals surface area contributed by atoms with Crippen molar-refractivity contribution in [3.8, 4) is 10.6 Å². The van der Waals surface area contributed by atoms with Crippen molar-refractivity contribution in [3.63, 3.8) is 0 Å². The first kappa shape index (κ1) is 20.2. The Morgan fingerprint density at radius 3 is 2.77 bits per heavy atom. The minimum Gasteiger partial charge on any atom is -0.351 e. The fourth-order valence-electron chi connectivity index (χ4n) is 3.56. The number of rotatable bonds is 7. The van der Waals surface area contributed by atoms with E-state index in [4.69, 9.17) is 0 Å². The van der Waals surface area contributed by atoms with Gasteiger partial charge in [-0.15, -0.1) is 11.3 Å². The van der Waals surface area contributed by atoms with Crippen LogP contribution in [0, 0.1) is 5.92 Å². The van der Waals surface area contributed by atoms with Crippen molar-refractivity contribution < 1.29 is 9.59 Å². The quantitative estimate of drug-likeness (QED) is 0.636. The number of likely N-dealkylation sites (tertiary alicyclic amines) is 1. The fourth-order valence-corrected chi connectivity index (χ4v) is 4.42. The van der Waals surface area contributed by atoms with E-state index >= 15 is 0 Å². The molecule has 2 aromatic heterocycles. The van der Waals surface area contributed by atoms with Gasteiger partial charge in [0, 0.05) is 54.5 Å². The number of hydrogen-bond acceptors (Lipinski definition) is 5. The maximum absolute atomic E-state index is 12.7. The number of aromatic nitrogens is 2. The lowest BCUT2D eigenvalue weighted by Crippen LogP contribution is -2.46. The molecule has 1 aliphatic heterocycles. The predicted octanol–water partition coefficient (Wildman–Crippen LogP) is 3.30. The van der Waals surface area contributed by atoms with Crippen LogP contribution in [0.25, 0.3) is 10.6 Å². The Kier molecular flexibility index (Phi) is 6.49. The summed E-state index contributed by atoms with van der Waals surface area (Å²) in [7, 11) is 0. The van der Waals surface area contributed by atoms with Crippen LogP contribution in [0.2, 0.25) is 0 Å². The van der Waals surface area contributed by atoms with Gasteiger partial charge in [-0.1, -0.05) is 36.4 Å². The highest BCUT2D eigenvalue weighted by Crippen LogP contribution is 2.25. The molecular formula is C23H24N4O2S. The zero-order chi connectivity index (χ0) is 20.8. The maximum atomic E-state index is 12.7. The summed E-state index contributed by atoms with van der Waals surface area (Å²) in [6.45, 7) is 1.52. The van der Waals surface area contributed by atoms with Crippen molar-refractivity contribution in [3.05, 3.63) is 71.5 Å². The smallest absolute Gasteiger partial charge is 0.225 e. The van der Waals surface area contributed by atoms with E-state index in [1.54, 1.807) is 22.4 Å². The van der Waals surface area contributed by atoms with Crippen LogP contribution in [0.5, 0.6) is 0 Å². The van der Waals surface area contributed by atoms with E-state index in [0.29, 0.717) is 38.9 Å². The van der Waals surface area contributed by atoms with Gasteiger partial charge in [0.05, 0.1) is 12.5 Å². The van der Waals surface area contributed by atoms with E-state index < -0.39 is 0 Å². The highest BCUT2D eigenvalue weighted by atomic mass is 32.1. The molecule has 7 heteroatoms. The van der Waals surface area contributed by atoms with Crippen LogP contribution in [0.4, 0.5) is 0 Å². The van der Waals surface area contributed by atoms with E-state index in [0.717, 1.165) is 21.1 Å². The van der Waals surface area contributed by atoms with E-state index in [-0.39, 0.29) is 17.7 Å². The topological polar surface area (TPSA) is 75.2 Å². The number of piperidine rings is 1. The third kappa shape index (κ3) is 5.10. The molecule has 1 N–H and O–H groups in total. The Hall–Kier alpha value is -3.06. The largest absolute Gasteiger partial charge is 0.351 e. The van der Waals surface area contributed by atoms with Crippen LogP contribution in [0.15, 0.2) is 60.9 Å². The fraction of sp³-hybridized carbons (Fsp3) is 0.304. The molecule has 0 bridgehead atoms. The van der Waals surface area contributed by atoms with Crippen molar-refractivity contribution in [2.24, 2.45) is 5.92 Å². The summed E-state index contributed by atoms with van der Waals surface area (Å²) < 4.78 is 0. The zero-order valence-corrected chi connectivity index (χ0v) is 17.5. The Labute approximate surface area is 180 Å². The number of hydrogen-bond donors (Lipinski definition) is 1. The van der Waals surface area contributed by atoms with E-state index in [1.807, 2.05) is 54.7 Å². The average molecular weight is 421 g/mol. The second kappa shape index (κ2) is 9.63. The molecule has 1 atom stereocenters. The summed E-state index contributed by atoms with van der Waals surface area (Å²) in [4.78, 5) is 36.5. The highest BCUT2D eigenvalue weighted by Gasteiger charge is 2.30. The molecule has 0 spiro atoms. The Balaban J connectivity index is 1.29. The first-order chi connectivity index (χ1) is 14.7. The summed E-state index contributed by atoms with van der Waals surface area (Å²) in [5, 5.41) is 3.97. The van der Waals surface area contributed by atoms with Gasteiger partial charge in [-0.3, -0.25) is 14.6 Å². The average Bonchev–Trinajstić information content (AvgIpc) is 3.27. The van der Waals surface area contributed by atoms with E-state index in [1.165, 1.54) is 0 Å². The lowest BCUT2D eigenvalue weighted by molar-refractivity contribution is -0.138. The van der Waals surface area contributed by atoms with Crippen LogP contribution in [-0.2, 0) is 22.6 Å². The minimum atomic E-state index is -0.173. The van der Waals surface area contributed by atoms with Gasteiger partial charge < -0.3 is 10.2 Å². The molecular weight excluding hydrogens is 396 g/mol. The summed E-state index contributed by atoms with van der Waals surface area (Å²) in [6, 6.07) is 15.8. The van der Waals surface area contributed by atoms with Crippen LogP contribution < -0.4 is 5.32 Å². The number of nitrogens with zero attached hydrogens (tertiary/aromatic N) is 3. The number of thiazole rings is 1. The number of carbonyl (C=O) groups is 2. The molecule has 1 aliphatic rings. The molecule has 1 fully saturated rings. The van der Waals surface area contributed by atoms with Gasteiger partial charge in [0.15, 0.2) is 0 Å². The first-order valence-corrected chi connectivity index (χ1v) is 11.0. The third-order valence-corrected chi connectivity index (χ3v) is 6.29. The standard InChI is InChI=1S/C23H24N4O2S/c28-21-10-9-18(16-27(21)13-11-19-8-4-5-12-24-19)22(29)25-14-20-15-26-23(30-20)17-6-2-1-3-7-17/h1-8,12,15,18H,9-11,13-14,16H2,(H,25,29)/t18-/m0/s1. The van der Waals surface area contributed by atoms with E-state index in [2.05, 4.69) is 15.3 Å². The van der Waals surface area contributed by atoms with Gasteiger partial charge in [-0.25, -0.2) is 4.98 Å².